The van der Waals surface area contributed by atoms with E-state index in [1.807, 2.05) is 38.0 Å². The van der Waals surface area contributed by atoms with Crippen LogP contribution in [0.4, 0.5) is 0 Å². The third kappa shape index (κ3) is 7.94. The van der Waals surface area contributed by atoms with Gasteiger partial charge in [-0.1, -0.05) is 0 Å². The lowest BCUT2D eigenvalue weighted by atomic mass is 10.1. The molecule has 0 aromatic heterocycles. The summed E-state index contributed by atoms with van der Waals surface area (Å²) in [5.41, 5.74) is 0. The molecular weight excluding hydrogens is 357 g/mol. The molecule has 1 atom stereocenters. The molecule has 0 amide bonds. The molecule has 1 unspecified atom stereocenters. The van der Waals surface area contributed by atoms with Crippen LogP contribution in [0, 0.1) is 5.92 Å². The number of nitrogens with zero attached hydrogens (tertiary/aromatic N) is 3. The lowest BCUT2D eigenvalue weighted by Crippen LogP contribution is -2.35. The second kappa shape index (κ2) is 10.7. The Morgan fingerprint density at radius 2 is 1.95 bits per heavy atom. The predicted molar refractivity (Wildman–Crippen MR) is 89.5 cm³/mol. The Labute approximate surface area is 134 Å². The molecule has 1 aliphatic rings. The number of ether oxygens (including phenoxy) is 2. The van der Waals surface area contributed by atoms with Crippen LogP contribution in [-0.2, 0) is 9.47 Å². The summed E-state index contributed by atoms with van der Waals surface area (Å²) < 4.78 is 11.0. The molecule has 0 N–H and O–H groups in total. The lowest BCUT2D eigenvalue weighted by molar-refractivity contribution is 0.0892. The van der Waals surface area contributed by atoms with Crippen molar-refractivity contribution in [2.24, 2.45) is 10.9 Å². The Hall–Kier alpha value is -0.0800. The van der Waals surface area contributed by atoms with E-state index in [0.717, 1.165) is 51.8 Å². The zero-order valence-corrected chi connectivity index (χ0v) is 14.9. The van der Waals surface area contributed by atoms with Crippen LogP contribution in [0.3, 0.4) is 0 Å². The van der Waals surface area contributed by atoms with E-state index in [-0.39, 0.29) is 24.0 Å². The van der Waals surface area contributed by atoms with E-state index in [4.69, 9.17) is 9.47 Å². The quantitative estimate of drug-likeness (QED) is 0.301. The lowest BCUT2D eigenvalue weighted by Gasteiger charge is -2.22. The van der Waals surface area contributed by atoms with Crippen molar-refractivity contribution in [1.29, 1.82) is 0 Å². The van der Waals surface area contributed by atoms with Gasteiger partial charge >= 0.3 is 0 Å². The number of halogens is 1. The third-order valence-corrected chi connectivity index (χ3v) is 2.88. The van der Waals surface area contributed by atoms with Gasteiger partial charge in [0.15, 0.2) is 5.96 Å². The summed E-state index contributed by atoms with van der Waals surface area (Å²) in [6.45, 7) is 4.19. The number of hydrogen-bond donors (Lipinski definition) is 0. The largest absolute Gasteiger partial charge is 0.381 e. The molecule has 19 heavy (non-hydrogen) atoms. The summed E-state index contributed by atoms with van der Waals surface area (Å²) in [6.07, 6.45) is 2.11. The Balaban J connectivity index is 0.00000324. The van der Waals surface area contributed by atoms with Crippen molar-refractivity contribution in [2.75, 3.05) is 61.2 Å². The van der Waals surface area contributed by atoms with Crippen molar-refractivity contribution >= 4 is 29.9 Å². The average Bonchev–Trinajstić information content (AvgIpc) is 2.79. The molecule has 0 aliphatic carbocycles. The van der Waals surface area contributed by atoms with Gasteiger partial charge in [-0.3, -0.25) is 4.99 Å². The fourth-order valence-corrected chi connectivity index (χ4v) is 1.99. The molecule has 0 aromatic rings. The van der Waals surface area contributed by atoms with Gasteiger partial charge in [0.25, 0.3) is 0 Å². The van der Waals surface area contributed by atoms with Crippen LogP contribution in [0.25, 0.3) is 0 Å². The van der Waals surface area contributed by atoms with E-state index in [9.17, 15) is 0 Å². The molecule has 1 saturated heterocycles. The maximum Gasteiger partial charge on any atom is 0.195 e. The predicted octanol–water partition coefficient (Wildman–Crippen LogP) is 1.53. The van der Waals surface area contributed by atoms with E-state index in [1.54, 1.807) is 0 Å². The molecule has 114 valence electrons. The summed E-state index contributed by atoms with van der Waals surface area (Å²) in [6, 6.07) is 0. The first-order chi connectivity index (χ1) is 8.61. The third-order valence-electron chi connectivity index (χ3n) is 2.88. The van der Waals surface area contributed by atoms with Crippen LogP contribution < -0.4 is 0 Å². The Kier molecular flexibility index (Phi) is 10.6. The first-order valence-corrected chi connectivity index (χ1v) is 6.66. The van der Waals surface area contributed by atoms with Crippen molar-refractivity contribution in [3.63, 3.8) is 0 Å². The molecule has 0 radical (unpaired) electrons. The van der Waals surface area contributed by atoms with Crippen LogP contribution in [0.15, 0.2) is 4.99 Å². The Bertz CT molecular complexity index is 244. The van der Waals surface area contributed by atoms with Gasteiger partial charge < -0.3 is 19.3 Å². The molecule has 0 aromatic carbocycles. The van der Waals surface area contributed by atoms with Crippen molar-refractivity contribution in [3.8, 4) is 0 Å². The van der Waals surface area contributed by atoms with E-state index in [0.29, 0.717) is 5.92 Å². The summed E-state index contributed by atoms with van der Waals surface area (Å²) in [5, 5.41) is 0. The highest BCUT2D eigenvalue weighted by Gasteiger charge is 2.15. The average molecular weight is 385 g/mol. The fraction of sp³-hybridized carbons (Fsp3) is 0.923. The second-order valence-corrected chi connectivity index (χ2v) is 5.13. The van der Waals surface area contributed by atoms with Gasteiger partial charge in [0.2, 0.25) is 0 Å². The van der Waals surface area contributed by atoms with Gasteiger partial charge in [-0.2, -0.15) is 0 Å². The maximum atomic E-state index is 5.64. The highest BCUT2D eigenvalue weighted by atomic mass is 127. The normalized spacial score (nSPS) is 17.8. The molecule has 1 fully saturated rings. The van der Waals surface area contributed by atoms with Crippen LogP contribution in [0.1, 0.15) is 12.8 Å². The molecule has 6 heteroatoms. The molecule has 1 heterocycles. The minimum absolute atomic E-state index is 0. The number of hydrogen-bond acceptors (Lipinski definition) is 3. The summed E-state index contributed by atoms with van der Waals surface area (Å²) in [7, 11) is 8.04. The van der Waals surface area contributed by atoms with Gasteiger partial charge in [-0.25, -0.2) is 0 Å². The van der Waals surface area contributed by atoms with Gasteiger partial charge in [-0.05, 0) is 12.8 Å². The topological polar surface area (TPSA) is 37.3 Å². The molecular formula is C13H28IN3O2. The zero-order valence-electron chi connectivity index (χ0n) is 12.6. The molecule has 1 rings (SSSR count). The molecule has 0 bridgehead atoms. The minimum atomic E-state index is 0. The van der Waals surface area contributed by atoms with E-state index < -0.39 is 0 Å². The van der Waals surface area contributed by atoms with Gasteiger partial charge in [0.1, 0.15) is 0 Å². The SMILES string of the molecule is CN(C)C(=NCCCOCC1CCOC1)N(C)C.I. The first-order valence-electron chi connectivity index (χ1n) is 6.66. The second-order valence-electron chi connectivity index (χ2n) is 5.13. The van der Waals surface area contributed by atoms with Crippen molar-refractivity contribution in [1.82, 2.24) is 9.80 Å². The fourth-order valence-electron chi connectivity index (χ4n) is 1.99. The van der Waals surface area contributed by atoms with Crippen molar-refractivity contribution < 1.29 is 9.47 Å². The minimum Gasteiger partial charge on any atom is -0.381 e. The van der Waals surface area contributed by atoms with E-state index in [1.165, 1.54) is 0 Å². The van der Waals surface area contributed by atoms with Crippen LogP contribution in [0.5, 0.6) is 0 Å². The smallest absolute Gasteiger partial charge is 0.195 e. The maximum absolute atomic E-state index is 5.64. The van der Waals surface area contributed by atoms with Gasteiger partial charge in [-0.15, -0.1) is 24.0 Å². The van der Waals surface area contributed by atoms with Crippen LogP contribution in [-0.4, -0.2) is 76.9 Å². The first kappa shape index (κ1) is 18.9. The van der Waals surface area contributed by atoms with E-state index in [2.05, 4.69) is 4.99 Å². The van der Waals surface area contributed by atoms with Crippen molar-refractivity contribution in [2.45, 2.75) is 12.8 Å². The highest BCUT2D eigenvalue weighted by molar-refractivity contribution is 14.0. The highest BCUT2D eigenvalue weighted by Crippen LogP contribution is 2.12. The van der Waals surface area contributed by atoms with Crippen LogP contribution >= 0.6 is 24.0 Å². The summed E-state index contributed by atoms with van der Waals surface area (Å²) >= 11 is 0. The van der Waals surface area contributed by atoms with Crippen molar-refractivity contribution in [3.05, 3.63) is 0 Å². The number of rotatable bonds is 6. The standard InChI is InChI=1S/C13H27N3O2.HI/c1-15(2)13(16(3)4)14-7-5-8-17-10-12-6-9-18-11-12;/h12H,5-11H2,1-4H3;1H. The Morgan fingerprint density at radius 3 is 2.47 bits per heavy atom. The van der Waals surface area contributed by atoms with Gasteiger partial charge in [0, 0.05) is 53.9 Å². The monoisotopic (exact) mass is 385 g/mol. The number of aliphatic imine (C=N–C) groups is 1. The number of guanidine groups is 1. The Morgan fingerprint density at radius 1 is 1.26 bits per heavy atom. The molecule has 0 spiro atoms. The zero-order chi connectivity index (χ0) is 13.4. The van der Waals surface area contributed by atoms with E-state index >= 15 is 0 Å². The van der Waals surface area contributed by atoms with Gasteiger partial charge in [0.05, 0.1) is 13.2 Å². The summed E-state index contributed by atoms with van der Waals surface area (Å²) in [4.78, 5) is 8.60. The molecule has 0 saturated carbocycles. The van der Waals surface area contributed by atoms with Crippen LogP contribution in [0.2, 0.25) is 0 Å². The molecule has 1 aliphatic heterocycles. The summed E-state index contributed by atoms with van der Waals surface area (Å²) in [5.74, 6) is 1.60. The molecule has 5 nitrogen and oxygen atoms in total.